The van der Waals surface area contributed by atoms with E-state index in [-0.39, 0.29) is 0 Å². The summed E-state index contributed by atoms with van der Waals surface area (Å²) in [5.74, 6) is -0.458. The Morgan fingerprint density at radius 3 is 2.20 bits per heavy atom. The molecule has 0 fully saturated rings. The van der Waals surface area contributed by atoms with E-state index >= 15 is 0 Å². The van der Waals surface area contributed by atoms with Crippen LogP contribution in [0.3, 0.4) is 0 Å². The first kappa shape index (κ1) is 13.9. The van der Waals surface area contributed by atoms with Gasteiger partial charge in [0.15, 0.2) is 0 Å². The van der Waals surface area contributed by atoms with Gasteiger partial charge in [-0.2, -0.15) is 0 Å². The van der Waals surface area contributed by atoms with Gasteiger partial charge in [-0.3, -0.25) is 4.79 Å². The summed E-state index contributed by atoms with van der Waals surface area (Å²) in [4.78, 5) is 13.3. The molecule has 0 saturated heterocycles. The molecule has 4 N–H and O–H groups in total. The van der Waals surface area contributed by atoms with E-state index in [1.807, 2.05) is 25.8 Å². The maximum atomic E-state index is 11.3. The monoisotopic (exact) mass is 269 g/mol. The van der Waals surface area contributed by atoms with Gasteiger partial charge in [-0.1, -0.05) is 6.07 Å². The van der Waals surface area contributed by atoms with E-state index in [0.717, 1.165) is 11.4 Å². The molecule has 0 aliphatic heterocycles. The fourth-order valence-corrected chi connectivity index (χ4v) is 2.27. The number of aryl methyl sites for hydroxylation is 2. The number of carbonyl (C=O) groups excluding carboxylic acids is 1. The second-order valence-electron chi connectivity index (χ2n) is 5.04. The van der Waals surface area contributed by atoms with Crippen LogP contribution in [0.25, 0.3) is 0 Å². The third-order valence-electron chi connectivity index (χ3n) is 3.27. The van der Waals surface area contributed by atoms with Gasteiger partial charge in [0, 0.05) is 18.3 Å². The molecule has 0 atom stereocenters. The Balaban J connectivity index is 2.49. The number of amides is 1. The number of hydrogen-bond donors (Lipinski definition) is 2. The topological polar surface area (TPSA) is 72.3 Å². The first-order valence-corrected chi connectivity index (χ1v) is 6.40. The van der Waals surface area contributed by atoms with Gasteiger partial charge in [0.05, 0.1) is 11.4 Å². The molecule has 0 unspecified atom stereocenters. The van der Waals surface area contributed by atoms with Crippen LogP contribution in [0.2, 0.25) is 0 Å². The number of nitrogen functional groups attached to an aromatic ring is 1. The number of nitrogens with two attached hydrogens (primary N) is 2. The summed E-state index contributed by atoms with van der Waals surface area (Å²) in [6, 6.07) is 11.3. The van der Waals surface area contributed by atoms with Crippen molar-refractivity contribution in [3.05, 3.63) is 53.1 Å². The maximum absolute atomic E-state index is 11.3. The summed E-state index contributed by atoms with van der Waals surface area (Å²) < 4.78 is 0. The maximum Gasteiger partial charge on any atom is 0.248 e. The predicted octanol–water partition coefficient (Wildman–Crippen LogP) is 2.75. The number of anilines is 3. The molecule has 1 amide bonds. The summed E-state index contributed by atoms with van der Waals surface area (Å²) in [5, 5.41) is 0. The van der Waals surface area contributed by atoms with E-state index in [4.69, 9.17) is 11.5 Å². The second kappa shape index (κ2) is 5.25. The van der Waals surface area contributed by atoms with Crippen LogP contribution in [0.15, 0.2) is 36.4 Å². The zero-order valence-electron chi connectivity index (χ0n) is 12.0. The third kappa shape index (κ3) is 2.74. The van der Waals surface area contributed by atoms with Crippen molar-refractivity contribution in [1.29, 1.82) is 0 Å². The number of nitrogens with zero attached hydrogens (tertiary/aromatic N) is 1. The Hall–Kier alpha value is -2.49. The van der Waals surface area contributed by atoms with E-state index in [1.165, 1.54) is 11.1 Å². The number of benzene rings is 2. The Labute approximate surface area is 119 Å². The Bertz CT molecular complexity index is 645. The van der Waals surface area contributed by atoms with Crippen molar-refractivity contribution >= 4 is 23.0 Å². The normalized spacial score (nSPS) is 10.3. The minimum Gasteiger partial charge on any atom is -0.397 e. The van der Waals surface area contributed by atoms with Gasteiger partial charge in [-0.05, 0) is 55.3 Å². The minimum absolute atomic E-state index is 0.449. The standard InChI is InChI=1S/C16H19N3O/c1-10-6-11(2)8-13(7-10)19(3)15-9-12(16(18)20)4-5-14(15)17/h4-9H,17H2,1-3H3,(H2,18,20). The average Bonchev–Trinajstić information content (AvgIpc) is 2.37. The van der Waals surface area contributed by atoms with Crippen molar-refractivity contribution in [2.75, 3.05) is 17.7 Å². The molecule has 2 aromatic carbocycles. The van der Waals surface area contributed by atoms with Crippen molar-refractivity contribution in [3.63, 3.8) is 0 Å². The lowest BCUT2D eigenvalue weighted by molar-refractivity contribution is 0.100. The van der Waals surface area contributed by atoms with Gasteiger partial charge in [0.2, 0.25) is 5.91 Å². The van der Waals surface area contributed by atoms with Gasteiger partial charge in [-0.15, -0.1) is 0 Å². The van der Waals surface area contributed by atoms with Crippen molar-refractivity contribution < 1.29 is 4.79 Å². The molecule has 20 heavy (non-hydrogen) atoms. The van der Waals surface area contributed by atoms with Crippen LogP contribution < -0.4 is 16.4 Å². The van der Waals surface area contributed by atoms with E-state index in [0.29, 0.717) is 11.3 Å². The number of rotatable bonds is 3. The molecule has 0 spiro atoms. The lowest BCUT2D eigenvalue weighted by atomic mass is 10.1. The molecule has 0 aromatic heterocycles. The molecular formula is C16H19N3O. The van der Waals surface area contributed by atoms with E-state index in [9.17, 15) is 4.79 Å². The van der Waals surface area contributed by atoms with Gasteiger partial charge >= 0.3 is 0 Å². The van der Waals surface area contributed by atoms with Crippen molar-refractivity contribution in [1.82, 2.24) is 0 Å². The molecule has 0 heterocycles. The Kier molecular flexibility index (Phi) is 3.66. The van der Waals surface area contributed by atoms with Crippen LogP contribution in [0, 0.1) is 13.8 Å². The highest BCUT2D eigenvalue weighted by Gasteiger charge is 2.11. The SMILES string of the molecule is Cc1cc(C)cc(N(C)c2cc(C(N)=O)ccc2N)c1. The van der Waals surface area contributed by atoms with Gasteiger partial charge in [-0.25, -0.2) is 0 Å². The zero-order valence-corrected chi connectivity index (χ0v) is 12.0. The molecule has 2 aromatic rings. The van der Waals surface area contributed by atoms with Crippen LogP contribution in [-0.2, 0) is 0 Å². The van der Waals surface area contributed by atoms with Crippen LogP contribution in [0.1, 0.15) is 21.5 Å². The smallest absolute Gasteiger partial charge is 0.248 e. The van der Waals surface area contributed by atoms with Crippen LogP contribution in [-0.4, -0.2) is 13.0 Å². The fourth-order valence-electron chi connectivity index (χ4n) is 2.27. The van der Waals surface area contributed by atoms with E-state index < -0.39 is 5.91 Å². The first-order chi connectivity index (χ1) is 9.38. The number of primary amides is 1. The lowest BCUT2D eigenvalue weighted by Crippen LogP contribution is -2.15. The highest BCUT2D eigenvalue weighted by atomic mass is 16.1. The van der Waals surface area contributed by atoms with Crippen molar-refractivity contribution in [2.45, 2.75) is 13.8 Å². The molecule has 0 aliphatic carbocycles. The summed E-state index contributed by atoms with van der Waals surface area (Å²) in [5.41, 5.74) is 16.5. The molecule has 4 heteroatoms. The van der Waals surface area contributed by atoms with Crippen LogP contribution in [0.5, 0.6) is 0 Å². The predicted molar refractivity (Wildman–Crippen MR) is 83.4 cm³/mol. The zero-order chi connectivity index (χ0) is 14.9. The van der Waals surface area contributed by atoms with Crippen LogP contribution >= 0.6 is 0 Å². The quantitative estimate of drug-likeness (QED) is 0.841. The largest absolute Gasteiger partial charge is 0.397 e. The van der Waals surface area contributed by atoms with Gasteiger partial charge in [0.25, 0.3) is 0 Å². The summed E-state index contributed by atoms with van der Waals surface area (Å²) >= 11 is 0. The van der Waals surface area contributed by atoms with Crippen molar-refractivity contribution in [3.8, 4) is 0 Å². The first-order valence-electron chi connectivity index (χ1n) is 6.40. The van der Waals surface area contributed by atoms with Crippen LogP contribution in [0.4, 0.5) is 17.1 Å². The Morgan fingerprint density at radius 1 is 1.05 bits per heavy atom. The molecular weight excluding hydrogens is 250 g/mol. The Morgan fingerprint density at radius 2 is 1.65 bits per heavy atom. The molecule has 4 nitrogen and oxygen atoms in total. The summed E-state index contributed by atoms with van der Waals surface area (Å²) in [6.07, 6.45) is 0. The third-order valence-corrected chi connectivity index (χ3v) is 3.27. The molecule has 2 rings (SSSR count). The van der Waals surface area contributed by atoms with E-state index in [2.05, 4.69) is 18.2 Å². The molecule has 0 saturated carbocycles. The minimum atomic E-state index is -0.458. The van der Waals surface area contributed by atoms with Gasteiger partial charge in [0.1, 0.15) is 0 Å². The molecule has 104 valence electrons. The molecule has 0 bridgehead atoms. The lowest BCUT2D eigenvalue weighted by Gasteiger charge is -2.22. The molecule has 0 aliphatic rings. The summed E-state index contributed by atoms with van der Waals surface area (Å²) in [6.45, 7) is 4.10. The number of carbonyl (C=O) groups is 1. The second-order valence-corrected chi connectivity index (χ2v) is 5.04. The fraction of sp³-hybridized carbons (Fsp3) is 0.188. The van der Waals surface area contributed by atoms with E-state index in [1.54, 1.807) is 18.2 Å². The average molecular weight is 269 g/mol. The summed E-state index contributed by atoms with van der Waals surface area (Å²) in [7, 11) is 1.92. The highest BCUT2D eigenvalue weighted by molar-refractivity contribution is 5.95. The highest BCUT2D eigenvalue weighted by Crippen LogP contribution is 2.30. The van der Waals surface area contributed by atoms with Crippen molar-refractivity contribution in [2.24, 2.45) is 5.73 Å². The van der Waals surface area contributed by atoms with Gasteiger partial charge < -0.3 is 16.4 Å². The molecule has 0 radical (unpaired) electrons. The number of hydrogen-bond acceptors (Lipinski definition) is 3.